The molecular formula is C17H18N6O3S. The quantitative estimate of drug-likeness (QED) is 0.676. The molecule has 140 valence electrons. The van der Waals surface area contributed by atoms with E-state index in [1.54, 1.807) is 19.5 Å². The van der Waals surface area contributed by atoms with Crippen molar-refractivity contribution >= 4 is 38.5 Å². The Bertz CT molecular complexity index is 1070. The van der Waals surface area contributed by atoms with Gasteiger partial charge in [0.05, 0.1) is 18.6 Å². The van der Waals surface area contributed by atoms with Crippen LogP contribution in [0.5, 0.6) is 5.75 Å². The number of hydrogen-bond acceptors (Lipinski definition) is 9. The molecule has 3 aromatic rings. The predicted octanol–water partition coefficient (Wildman–Crippen LogP) is 1.77. The third-order valence-electron chi connectivity index (χ3n) is 4.25. The topological polar surface area (TPSA) is 119 Å². The van der Waals surface area contributed by atoms with E-state index in [0.717, 1.165) is 11.4 Å². The molecule has 3 heterocycles. The van der Waals surface area contributed by atoms with Crippen LogP contribution in [0.1, 0.15) is 6.42 Å². The van der Waals surface area contributed by atoms with E-state index in [2.05, 4.69) is 30.6 Å². The van der Waals surface area contributed by atoms with Crippen molar-refractivity contribution in [1.29, 1.82) is 0 Å². The fraction of sp³-hybridized carbons (Fsp3) is 0.294. The lowest BCUT2D eigenvalue weighted by atomic mass is 10.3. The van der Waals surface area contributed by atoms with Gasteiger partial charge >= 0.3 is 0 Å². The number of methoxy groups -OCH3 is 1. The molecule has 0 saturated carbocycles. The standard InChI is InChI=1S/C17H18N6O3S/c1-26-13-4-2-11(3-5-13)20-16-14-15(19-8-7-18-14)22-17(23-16)21-12-6-9-27(24,25)10-12/h2-5,7-8,12H,6,9-10H2,1H3,(H2,19,20,21,22,23)/t12-/m1/s1. The molecule has 0 unspecified atom stereocenters. The summed E-state index contributed by atoms with van der Waals surface area (Å²) >= 11 is 0. The van der Waals surface area contributed by atoms with Crippen molar-refractivity contribution in [3.05, 3.63) is 36.7 Å². The minimum Gasteiger partial charge on any atom is -0.497 e. The minimum atomic E-state index is -3.00. The second-order valence-corrected chi connectivity index (χ2v) is 8.45. The fourth-order valence-electron chi connectivity index (χ4n) is 2.92. The largest absolute Gasteiger partial charge is 0.497 e. The Morgan fingerprint density at radius 1 is 1.11 bits per heavy atom. The predicted molar refractivity (Wildman–Crippen MR) is 102 cm³/mol. The van der Waals surface area contributed by atoms with Crippen LogP contribution in [-0.4, -0.2) is 53.0 Å². The number of sulfone groups is 1. The van der Waals surface area contributed by atoms with Crippen molar-refractivity contribution in [1.82, 2.24) is 19.9 Å². The lowest BCUT2D eigenvalue weighted by Crippen LogP contribution is -2.22. The Kier molecular flexibility index (Phi) is 4.48. The molecule has 1 aliphatic rings. The van der Waals surface area contributed by atoms with Crippen LogP contribution in [0.4, 0.5) is 17.5 Å². The molecule has 27 heavy (non-hydrogen) atoms. The number of fused-ring (bicyclic) bond motifs is 1. The van der Waals surface area contributed by atoms with Crippen molar-refractivity contribution in [2.45, 2.75) is 12.5 Å². The van der Waals surface area contributed by atoms with Crippen molar-refractivity contribution < 1.29 is 13.2 Å². The molecule has 0 spiro atoms. The van der Waals surface area contributed by atoms with E-state index in [-0.39, 0.29) is 17.5 Å². The third kappa shape index (κ3) is 3.90. The highest BCUT2D eigenvalue weighted by atomic mass is 32.2. The zero-order valence-electron chi connectivity index (χ0n) is 14.6. The normalized spacial score (nSPS) is 18.3. The Labute approximate surface area is 156 Å². The van der Waals surface area contributed by atoms with Gasteiger partial charge in [-0.3, -0.25) is 0 Å². The fourth-order valence-corrected chi connectivity index (χ4v) is 4.59. The number of nitrogens with one attached hydrogen (secondary N) is 2. The lowest BCUT2D eigenvalue weighted by Gasteiger charge is -2.13. The maximum atomic E-state index is 11.7. The molecule has 1 saturated heterocycles. The van der Waals surface area contributed by atoms with E-state index in [4.69, 9.17) is 4.74 Å². The van der Waals surface area contributed by atoms with Crippen molar-refractivity contribution in [2.24, 2.45) is 0 Å². The summed E-state index contributed by atoms with van der Waals surface area (Å²) in [6.07, 6.45) is 3.66. The summed E-state index contributed by atoms with van der Waals surface area (Å²) in [5.74, 6) is 1.81. The van der Waals surface area contributed by atoms with Crippen LogP contribution < -0.4 is 15.4 Å². The average Bonchev–Trinajstić information content (AvgIpc) is 3.00. The summed E-state index contributed by atoms with van der Waals surface area (Å²) in [6.45, 7) is 0. The zero-order valence-corrected chi connectivity index (χ0v) is 15.4. The van der Waals surface area contributed by atoms with Crippen LogP contribution in [0, 0.1) is 0 Å². The van der Waals surface area contributed by atoms with Gasteiger partial charge in [-0.25, -0.2) is 18.4 Å². The van der Waals surface area contributed by atoms with Gasteiger partial charge in [0.1, 0.15) is 5.75 Å². The first-order valence-corrected chi connectivity index (χ1v) is 10.2. The van der Waals surface area contributed by atoms with Crippen LogP contribution >= 0.6 is 0 Å². The molecule has 1 atom stereocenters. The van der Waals surface area contributed by atoms with Crippen molar-refractivity contribution in [3.8, 4) is 5.75 Å². The molecule has 1 aliphatic heterocycles. The van der Waals surface area contributed by atoms with Gasteiger partial charge in [0.15, 0.2) is 26.8 Å². The number of aromatic nitrogens is 4. The van der Waals surface area contributed by atoms with Gasteiger partial charge < -0.3 is 15.4 Å². The molecule has 1 fully saturated rings. The van der Waals surface area contributed by atoms with E-state index in [9.17, 15) is 8.42 Å². The molecule has 0 aliphatic carbocycles. The Hall–Kier alpha value is -3.01. The van der Waals surface area contributed by atoms with Gasteiger partial charge in [-0.05, 0) is 30.7 Å². The van der Waals surface area contributed by atoms with Gasteiger partial charge in [-0.1, -0.05) is 0 Å². The summed E-state index contributed by atoms with van der Waals surface area (Å²) in [5, 5.41) is 6.32. The molecule has 9 nitrogen and oxygen atoms in total. The number of benzene rings is 1. The molecule has 0 bridgehead atoms. The highest BCUT2D eigenvalue weighted by Gasteiger charge is 2.28. The Morgan fingerprint density at radius 3 is 2.59 bits per heavy atom. The number of nitrogens with zero attached hydrogens (tertiary/aromatic N) is 4. The Balaban J connectivity index is 1.65. The molecule has 0 amide bonds. The van der Waals surface area contributed by atoms with Gasteiger partial charge in [-0.2, -0.15) is 9.97 Å². The molecular weight excluding hydrogens is 368 g/mol. The maximum Gasteiger partial charge on any atom is 0.227 e. The average molecular weight is 386 g/mol. The van der Waals surface area contributed by atoms with Crippen LogP contribution in [0.2, 0.25) is 0 Å². The molecule has 0 radical (unpaired) electrons. The zero-order chi connectivity index (χ0) is 18.9. The van der Waals surface area contributed by atoms with Crippen molar-refractivity contribution in [3.63, 3.8) is 0 Å². The van der Waals surface area contributed by atoms with Gasteiger partial charge in [0, 0.05) is 24.1 Å². The van der Waals surface area contributed by atoms with E-state index < -0.39 is 9.84 Å². The van der Waals surface area contributed by atoms with E-state index in [0.29, 0.717) is 29.4 Å². The van der Waals surface area contributed by atoms with Crippen LogP contribution in [-0.2, 0) is 9.84 Å². The van der Waals surface area contributed by atoms with E-state index >= 15 is 0 Å². The first-order valence-electron chi connectivity index (χ1n) is 8.39. The number of rotatable bonds is 5. The minimum absolute atomic E-state index is 0.0795. The smallest absolute Gasteiger partial charge is 0.227 e. The number of hydrogen-bond donors (Lipinski definition) is 2. The summed E-state index contributed by atoms with van der Waals surface area (Å²) in [6, 6.07) is 7.18. The molecule has 2 aromatic heterocycles. The SMILES string of the molecule is COc1ccc(Nc2nc(N[C@@H]3CCS(=O)(=O)C3)nc3nccnc23)cc1. The summed E-state index contributed by atoms with van der Waals surface area (Å²) in [5.41, 5.74) is 1.75. The molecule has 4 rings (SSSR count). The van der Waals surface area contributed by atoms with Crippen LogP contribution in [0.3, 0.4) is 0 Å². The summed E-state index contributed by atoms with van der Waals surface area (Å²) < 4.78 is 28.5. The van der Waals surface area contributed by atoms with Gasteiger partial charge in [-0.15, -0.1) is 0 Å². The second-order valence-electron chi connectivity index (χ2n) is 6.22. The van der Waals surface area contributed by atoms with E-state index in [1.807, 2.05) is 24.3 Å². The highest BCUT2D eigenvalue weighted by Crippen LogP contribution is 2.25. The van der Waals surface area contributed by atoms with Crippen LogP contribution in [0.25, 0.3) is 11.2 Å². The monoisotopic (exact) mass is 386 g/mol. The summed E-state index contributed by atoms with van der Waals surface area (Å²) in [7, 11) is -1.39. The first-order chi connectivity index (χ1) is 13.0. The van der Waals surface area contributed by atoms with Crippen molar-refractivity contribution in [2.75, 3.05) is 29.2 Å². The van der Waals surface area contributed by atoms with Gasteiger partial charge in [0.25, 0.3) is 0 Å². The first kappa shape index (κ1) is 17.4. The van der Waals surface area contributed by atoms with Crippen LogP contribution in [0.15, 0.2) is 36.7 Å². The molecule has 10 heteroatoms. The highest BCUT2D eigenvalue weighted by molar-refractivity contribution is 7.91. The number of ether oxygens (including phenoxy) is 1. The second kappa shape index (κ2) is 6.95. The molecule has 2 N–H and O–H groups in total. The number of anilines is 3. The third-order valence-corrected chi connectivity index (χ3v) is 6.02. The Morgan fingerprint density at radius 2 is 1.89 bits per heavy atom. The lowest BCUT2D eigenvalue weighted by molar-refractivity contribution is 0.415. The van der Waals surface area contributed by atoms with Gasteiger partial charge in [0.2, 0.25) is 5.95 Å². The summed E-state index contributed by atoms with van der Waals surface area (Å²) in [4.78, 5) is 17.4. The van der Waals surface area contributed by atoms with E-state index in [1.165, 1.54) is 0 Å². The maximum absolute atomic E-state index is 11.7. The molecule has 1 aromatic carbocycles.